The summed E-state index contributed by atoms with van der Waals surface area (Å²) < 4.78 is 4.60. The minimum absolute atomic E-state index is 0.167. The van der Waals surface area contributed by atoms with Gasteiger partial charge in [-0.25, -0.2) is 4.79 Å². The third kappa shape index (κ3) is 3.34. The lowest BCUT2D eigenvalue weighted by Crippen LogP contribution is -2.40. The maximum Gasteiger partial charge on any atom is 0.332 e. The Balaban J connectivity index is 1.68. The van der Waals surface area contributed by atoms with E-state index >= 15 is 0 Å². The van der Waals surface area contributed by atoms with Crippen molar-refractivity contribution in [3.05, 3.63) is 85.0 Å². The monoisotopic (exact) mass is 455 g/mol. The van der Waals surface area contributed by atoms with Gasteiger partial charge in [0, 0.05) is 35.9 Å². The minimum Gasteiger partial charge on any atom is -0.312 e. The summed E-state index contributed by atoms with van der Waals surface area (Å²) in [5.41, 5.74) is 1.84. The van der Waals surface area contributed by atoms with Crippen LogP contribution in [-0.2, 0) is 20.1 Å². The molecular formula is C22H19Cl2N5O2. The topological polar surface area (TPSA) is 65.1 Å². The first kappa shape index (κ1) is 19.9. The largest absolute Gasteiger partial charge is 0.332 e. The van der Waals surface area contributed by atoms with E-state index in [1.807, 2.05) is 45.9 Å². The van der Waals surface area contributed by atoms with Crippen molar-refractivity contribution in [1.82, 2.24) is 18.7 Å². The number of halogens is 2. The molecule has 1 aliphatic heterocycles. The second-order valence-electron chi connectivity index (χ2n) is 7.58. The molecule has 0 unspecified atom stereocenters. The molecular weight excluding hydrogens is 437 g/mol. The van der Waals surface area contributed by atoms with E-state index < -0.39 is 5.69 Å². The maximum atomic E-state index is 13.4. The SMILES string of the molecule is Cn1c(=O)n(Cc2ccc(Cl)cc2)c(=O)c2c1nc1n2CCCN1c1ccc(Cl)cc1. The Bertz CT molecular complexity index is 1400. The molecule has 0 spiro atoms. The lowest BCUT2D eigenvalue weighted by molar-refractivity contribution is 0.597. The van der Waals surface area contributed by atoms with Gasteiger partial charge in [0.1, 0.15) is 0 Å². The number of fused-ring (bicyclic) bond motifs is 3. The number of benzene rings is 2. The van der Waals surface area contributed by atoms with E-state index in [4.69, 9.17) is 28.2 Å². The number of imidazole rings is 1. The molecule has 2 aromatic heterocycles. The highest BCUT2D eigenvalue weighted by molar-refractivity contribution is 6.30. The van der Waals surface area contributed by atoms with Crippen molar-refractivity contribution in [2.45, 2.75) is 19.5 Å². The van der Waals surface area contributed by atoms with E-state index in [0.29, 0.717) is 33.7 Å². The summed E-state index contributed by atoms with van der Waals surface area (Å²) in [6.07, 6.45) is 0.848. The molecule has 4 aromatic rings. The molecule has 3 heterocycles. The van der Waals surface area contributed by atoms with Gasteiger partial charge in [-0.05, 0) is 48.4 Å². The number of aryl methyl sites for hydroxylation is 2. The van der Waals surface area contributed by atoms with Gasteiger partial charge in [0.15, 0.2) is 11.2 Å². The summed E-state index contributed by atoms with van der Waals surface area (Å²) in [5, 5.41) is 1.26. The zero-order valence-corrected chi connectivity index (χ0v) is 18.3. The third-order valence-corrected chi connectivity index (χ3v) is 6.11. The molecule has 5 rings (SSSR count). The molecule has 1 aliphatic rings. The van der Waals surface area contributed by atoms with Crippen molar-refractivity contribution < 1.29 is 0 Å². The van der Waals surface area contributed by atoms with Gasteiger partial charge in [0.25, 0.3) is 5.56 Å². The molecule has 0 atom stereocenters. The summed E-state index contributed by atoms with van der Waals surface area (Å²) in [6, 6.07) is 14.6. The second kappa shape index (κ2) is 7.59. The Morgan fingerprint density at radius 3 is 2.26 bits per heavy atom. The normalized spacial score (nSPS) is 13.6. The van der Waals surface area contributed by atoms with Crippen LogP contribution in [0.2, 0.25) is 10.0 Å². The molecule has 0 aliphatic carbocycles. The highest BCUT2D eigenvalue weighted by Gasteiger charge is 2.27. The molecule has 0 saturated carbocycles. The van der Waals surface area contributed by atoms with E-state index in [9.17, 15) is 9.59 Å². The van der Waals surface area contributed by atoms with Gasteiger partial charge in [-0.15, -0.1) is 0 Å². The van der Waals surface area contributed by atoms with Crippen LogP contribution in [0.15, 0.2) is 58.1 Å². The standard InChI is InChI=1S/C22H19Cl2N5O2/c1-26-19-18(20(30)29(22(26)31)13-14-3-5-15(23)6-4-14)28-12-2-11-27(21(28)25-19)17-9-7-16(24)8-10-17/h3-10H,2,11-13H2,1H3. The first-order chi connectivity index (χ1) is 14.9. The zero-order valence-electron chi connectivity index (χ0n) is 16.8. The average molecular weight is 456 g/mol. The number of rotatable bonds is 3. The lowest BCUT2D eigenvalue weighted by atomic mass is 10.2. The van der Waals surface area contributed by atoms with Gasteiger partial charge in [-0.3, -0.25) is 13.9 Å². The first-order valence-corrected chi connectivity index (χ1v) is 10.7. The molecule has 31 heavy (non-hydrogen) atoms. The van der Waals surface area contributed by atoms with Crippen molar-refractivity contribution in [3.8, 4) is 0 Å². The fourth-order valence-electron chi connectivity index (χ4n) is 4.04. The molecule has 9 heteroatoms. The van der Waals surface area contributed by atoms with Crippen LogP contribution in [0, 0.1) is 0 Å². The zero-order chi connectivity index (χ0) is 21.7. The second-order valence-corrected chi connectivity index (χ2v) is 8.45. The highest BCUT2D eigenvalue weighted by Crippen LogP contribution is 2.31. The van der Waals surface area contributed by atoms with E-state index in [1.54, 1.807) is 19.2 Å². The third-order valence-electron chi connectivity index (χ3n) is 5.61. The molecule has 0 bridgehead atoms. The Morgan fingerprint density at radius 1 is 0.935 bits per heavy atom. The van der Waals surface area contributed by atoms with Gasteiger partial charge in [-0.2, -0.15) is 4.98 Å². The van der Waals surface area contributed by atoms with Crippen molar-refractivity contribution in [2.24, 2.45) is 7.05 Å². The van der Waals surface area contributed by atoms with Gasteiger partial charge in [-0.1, -0.05) is 35.3 Å². The highest BCUT2D eigenvalue weighted by atomic mass is 35.5. The van der Waals surface area contributed by atoms with E-state index in [0.717, 1.165) is 24.2 Å². The Hall–Kier alpha value is -3.03. The summed E-state index contributed by atoms with van der Waals surface area (Å²) >= 11 is 12.0. The Labute approximate surface area is 187 Å². The van der Waals surface area contributed by atoms with Crippen molar-refractivity contribution in [2.75, 3.05) is 11.4 Å². The first-order valence-electron chi connectivity index (χ1n) is 9.91. The van der Waals surface area contributed by atoms with Crippen LogP contribution in [0.5, 0.6) is 0 Å². The molecule has 0 N–H and O–H groups in total. The predicted molar refractivity (Wildman–Crippen MR) is 123 cm³/mol. The van der Waals surface area contributed by atoms with Gasteiger partial charge < -0.3 is 9.47 Å². The Kier molecular flexibility index (Phi) is 4.87. The number of anilines is 2. The van der Waals surface area contributed by atoms with E-state index in [1.165, 1.54) is 9.13 Å². The van der Waals surface area contributed by atoms with Crippen LogP contribution in [0.4, 0.5) is 11.6 Å². The van der Waals surface area contributed by atoms with Gasteiger partial charge in [0.2, 0.25) is 5.95 Å². The minimum atomic E-state index is -0.402. The molecule has 0 saturated heterocycles. The van der Waals surface area contributed by atoms with Crippen molar-refractivity contribution >= 4 is 46.0 Å². The van der Waals surface area contributed by atoms with Crippen molar-refractivity contribution in [3.63, 3.8) is 0 Å². The quantitative estimate of drug-likeness (QED) is 0.471. The summed E-state index contributed by atoms with van der Waals surface area (Å²) in [7, 11) is 1.65. The summed E-state index contributed by atoms with van der Waals surface area (Å²) in [4.78, 5) is 33.2. The van der Waals surface area contributed by atoms with Gasteiger partial charge in [0.05, 0.1) is 6.54 Å². The van der Waals surface area contributed by atoms with Crippen LogP contribution in [0.3, 0.4) is 0 Å². The molecule has 0 fully saturated rings. The number of hydrogen-bond donors (Lipinski definition) is 0. The van der Waals surface area contributed by atoms with Crippen LogP contribution in [0.1, 0.15) is 12.0 Å². The summed E-state index contributed by atoms with van der Waals surface area (Å²) in [6.45, 7) is 1.59. The fourth-order valence-corrected chi connectivity index (χ4v) is 4.29. The van der Waals surface area contributed by atoms with Crippen LogP contribution in [-0.4, -0.2) is 25.2 Å². The Morgan fingerprint density at radius 2 is 1.58 bits per heavy atom. The smallest absolute Gasteiger partial charge is 0.312 e. The van der Waals surface area contributed by atoms with Crippen LogP contribution in [0.25, 0.3) is 11.2 Å². The predicted octanol–water partition coefficient (Wildman–Crippen LogP) is 3.79. The van der Waals surface area contributed by atoms with Crippen molar-refractivity contribution in [1.29, 1.82) is 0 Å². The van der Waals surface area contributed by atoms with E-state index in [-0.39, 0.29) is 12.1 Å². The molecule has 158 valence electrons. The number of nitrogens with zero attached hydrogens (tertiary/aromatic N) is 5. The molecule has 0 radical (unpaired) electrons. The molecule has 0 amide bonds. The number of hydrogen-bond acceptors (Lipinski definition) is 4. The van der Waals surface area contributed by atoms with Crippen LogP contribution >= 0.6 is 23.2 Å². The molecule has 2 aromatic carbocycles. The molecule has 7 nitrogen and oxygen atoms in total. The maximum absolute atomic E-state index is 13.4. The van der Waals surface area contributed by atoms with Crippen LogP contribution < -0.4 is 16.1 Å². The fraction of sp³-hybridized carbons (Fsp3) is 0.227. The lowest BCUT2D eigenvalue weighted by Gasteiger charge is -2.29. The number of aromatic nitrogens is 4. The van der Waals surface area contributed by atoms with E-state index in [2.05, 4.69) is 0 Å². The summed E-state index contributed by atoms with van der Waals surface area (Å²) in [5.74, 6) is 0.653. The van der Waals surface area contributed by atoms with Gasteiger partial charge >= 0.3 is 5.69 Å². The average Bonchev–Trinajstić information content (AvgIpc) is 3.17.